The van der Waals surface area contributed by atoms with Crippen LogP contribution in [0.15, 0.2) is 24.3 Å². The third kappa shape index (κ3) is 58.0. The molecule has 0 heteroatoms. The summed E-state index contributed by atoms with van der Waals surface area (Å²) in [5, 5.41) is 0. The Kier molecular flexibility index (Phi) is 52.2. The van der Waals surface area contributed by atoms with Gasteiger partial charge < -0.3 is 0 Å². The maximum Gasteiger partial charge on any atom is -0.0323 e. The molecule has 0 amide bonds. The summed E-state index contributed by atoms with van der Waals surface area (Å²) in [6.07, 6.45) is 12.0. The fourth-order valence-corrected chi connectivity index (χ4v) is 1.04. The van der Waals surface area contributed by atoms with Gasteiger partial charge in [0.25, 0.3) is 0 Å². The Morgan fingerprint density at radius 1 is 0.944 bits per heavy atom. The van der Waals surface area contributed by atoms with E-state index in [0.29, 0.717) is 0 Å². The van der Waals surface area contributed by atoms with Gasteiger partial charge in [0.1, 0.15) is 0 Å². The van der Waals surface area contributed by atoms with Gasteiger partial charge in [-0.15, -0.1) is 6.58 Å². The standard InChI is InChI=1S/C9H16.C5H12.2C2H6/c1-4-5-6-7-8-9(2)3;1-3-5-4-2;2*1-2/h4-5H,2,6-8H2,1,3H3;3-5H2,1-2H3;2*1-2H3/b5-4-;;;. The summed E-state index contributed by atoms with van der Waals surface area (Å²) in [5.74, 6) is 0. The Balaban J connectivity index is -0.0000000925. The first-order chi connectivity index (χ1) is 8.68. The first-order valence-electron chi connectivity index (χ1n) is 7.94. The third-order valence-corrected chi connectivity index (χ3v) is 1.92. The van der Waals surface area contributed by atoms with Gasteiger partial charge in [-0.05, 0) is 33.1 Å². The van der Waals surface area contributed by atoms with Crippen molar-refractivity contribution in [2.75, 3.05) is 0 Å². The second-order valence-corrected chi connectivity index (χ2v) is 3.77. The lowest BCUT2D eigenvalue weighted by molar-refractivity contribution is 0.772. The van der Waals surface area contributed by atoms with E-state index in [1.54, 1.807) is 0 Å². The van der Waals surface area contributed by atoms with E-state index in [0.717, 1.165) is 0 Å². The predicted octanol–water partition coefficient (Wildman–Crippen LogP) is 7.56. The van der Waals surface area contributed by atoms with Gasteiger partial charge >= 0.3 is 0 Å². The number of hydrogen-bond donors (Lipinski definition) is 0. The predicted molar refractivity (Wildman–Crippen MR) is 91.4 cm³/mol. The molecule has 0 aliphatic carbocycles. The smallest absolute Gasteiger partial charge is 0.0323 e. The third-order valence-electron chi connectivity index (χ3n) is 1.92. The summed E-state index contributed by atoms with van der Waals surface area (Å²) >= 11 is 0. The van der Waals surface area contributed by atoms with Crippen LogP contribution in [0.2, 0.25) is 0 Å². The van der Waals surface area contributed by atoms with E-state index in [1.807, 2.05) is 27.7 Å². The summed E-state index contributed by atoms with van der Waals surface area (Å²) < 4.78 is 0. The lowest BCUT2D eigenvalue weighted by Gasteiger charge is -1.93. The number of rotatable bonds is 6. The lowest BCUT2D eigenvalue weighted by atomic mass is 10.1. The minimum absolute atomic E-state index is 1.17. The molecule has 0 aromatic heterocycles. The zero-order valence-corrected chi connectivity index (χ0v) is 14.6. The summed E-state index contributed by atoms with van der Waals surface area (Å²) in [5.41, 5.74) is 1.29. The molecule has 0 nitrogen and oxygen atoms in total. The maximum absolute atomic E-state index is 3.83. The minimum Gasteiger partial charge on any atom is -0.100 e. The highest BCUT2D eigenvalue weighted by atomic mass is 13.9. The molecule has 112 valence electrons. The average Bonchev–Trinajstić information content (AvgIpc) is 2.41. The Morgan fingerprint density at radius 3 is 1.61 bits per heavy atom. The van der Waals surface area contributed by atoms with Crippen LogP contribution in [0.5, 0.6) is 0 Å². The van der Waals surface area contributed by atoms with Crippen LogP contribution in [0.25, 0.3) is 0 Å². The second kappa shape index (κ2) is 36.0. The first-order valence-corrected chi connectivity index (χ1v) is 7.94. The molecule has 0 N–H and O–H groups in total. The number of hydrogen-bond acceptors (Lipinski definition) is 0. The Hall–Kier alpha value is -0.520. The Bertz CT molecular complexity index is 129. The molecule has 0 fully saturated rings. The molecular formula is C18H40. The fraction of sp³-hybridized carbons (Fsp3) is 0.778. The zero-order valence-electron chi connectivity index (χ0n) is 14.6. The normalized spacial score (nSPS) is 8.22. The lowest BCUT2D eigenvalue weighted by Crippen LogP contribution is -1.73. The Labute approximate surface area is 119 Å². The molecule has 0 atom stereocenters. The van der Waals surface area contributed by atoms with Gasteiger partial charge in [-0.3, -0.25) is 0 Å². The van der Waals surface area contributed by atoms with E-state index in [9.17, 15) is 0 Å². The summed E-state index contributed by atoms with van der Waals surface area (Å²) in [7, 11) is 0. The van der Waals surface area contributed by atoms with E-state index in [1.165, 1.54) is 44.1 Å². The van der Waals surface area contributed by atoms with Crippen molar-refractivity contribution in [1.82, 2.24) is 0 Å². The molecule has 0 heterocycles. The summed E-state index contributed by atoms with van der Waals surface area (Å²) in [6, 6.07) is 0. The molecule has 0 radical (unpaired) electrons. The van der Waals surface area contributed by atoms with Gasteiger partial charge in [0.15, 0.2) is 0 Å². The van der Waals surface area contributed by atoms with E-state index in [-0.39, 0.29) is 0 Å². The molecule has 0 saturated carbocycles. The van der Waals surface area contributed by atoms with Crippen molar-refractivity contribution >= 4 is 0 Å². The highest BCUT2D eigenvalue weighted by molar-refractivity contribution is 4.88. The van der Waals surface area contributed by atoms with Crippen LogP contribution >= 0.6 is 0 Å². The van der Waals surface area contributed by atoms with Crippen molar-refractivity contribution in [3.05, 3.63) is 24.3 Å². The number of allylic oxidation sites excluding steroid dienone is 3. The van der Waals surface area contributed by atoms with Gasteiger partial charge in [0.2, 0.25) is 0 Å². The average molecular weight is 257 g/mol. The van der Waals surface area contributed by atoms with Crippen molar-refractivity contribution in [3.8, 4) is 0 Å². The molecule has 0 aliphatic rings. The SMILES string of the molecule is C=C(C)CCC/C=C\C.CC.CC.CCCCC. The molecular weight excluding hydrogens is 216 g/mol. The largest absolute Gasteiger partial charge is 0.100 e. The molecule has 0 rings (SSSR count). The van der Waals surface area contributed by atoms with Crippen LogP contribution < -0.4 is 0 Å². The molecule has 18 heavy (non-hydrogen) atoms. The van der Waals surface area contributed by atoms with Crippen LogP contribution in [0.3, 0.4) is 0 Å². The van der Waals surface area contributed by atoms with Crippen molar-refractivity contribution in [1.29, 1.82) is 0 Å². The van der Waals surface area contributed by atoms with E-state index in [2.05, 4.69) is 46.4 Å². The van der Waals surface area contributed by atoms with Gasteiger partial charge in [0.05, 0.1) is 0 Å². The van der Waals surface area contributed by atoms with Crippen LogP contribution in [-0.4, -0.2) is 0 Å². The van der Waals surface area contributed by atoms with Crippen molar-refractivity contribution in [2.45, 2.75) is 93.9 Å². The van der Waals surface area contributed by atoms with E-state index >= 15 is 0 Å². The van der Waals surface area contributed by atoms with E-state index < -0.39 is 0 Å². The summed E-state index contributed by atoms with van der Waals surface area (Å²) in [6.45, 7) is 20.4. The van der Waals surface area contributed by atoms with Gasteiger partial charge in [-0.1, -0.05) is 78.5 Å². The zero-order chi connectivity index (χ0) is 15.2. The van der Waals surface area contributed by atoms with Crippen molar-refractivity contribution in [2.24, 2.45) is 0 Å². The van der Waals surface area contributed by atoms with Crippen molar-refractivity contribution in [3.63, 3.8) is 0 Å². The summed E-state index contributed by atoms with van der Waals surface area (Å²) in [4.78, 5) is 0. The van der Waals surface area contributed by atoms with E-state index in [4.69, 9.17) is 0 Å². The first kappa shape index (κ1) is 26.1. The highest BCUT2D eigenvalue weighted by Crippen LogP contribution is 2.03. The Morgan fingerprint density at radius 2 is 1.39 bits per heavy atom. The van der Waals surface area contributed by atoms with Gasteiger partial charge in [-0.25, -0.2) is 0 Å². The van der Waals surface area contributed by atoms with Gasteiger partial charge in [-0.2, -0.15) is 0 Å². The maximum atomic E-state index is 3.83. The monoisotopic (exact) mass is 256 g/mol. The topological polar surface area (TPSA) is 0 Å². The van der Waals surface area contributed by atoms with Crippen LogP contribution in [0.1, 0.15) is 93.9 Å². The van der Waals surface area contributed by atoms with Crippen molar-refractivity contribution < 1.29 is 0 Å². The minimum atomic E-state index is 1.17. The van der Waals surface area contributed by atoms with Crippen LogP contribution in [0.4, 0.5) is 0 Å². The number of unbranched alkanes of at least 4 members (excludes halogenated alkanes) is 3. The molecule has 0 saturated heterocycles. The molecule has 0 unspecified atom stereocenters. The fourth-order valence-electron chi connectivity index (χ4n) is 1.04. The molecule has 0 spiro atoms. The highest BCUT2D eigenvalue weighted by Gasteiger charge is 1.83. The van der Waals surface area contributed by atoms with Crippen LogP contribution in [0, 0.1) is 0 Å². The molecule has 0 bridgehead atoms. The van der Waals surface area contributed by atoms with Crippen LogP contribution in [-0.2, 0) is 0 Å². The van der Waals surface area contributed by atoms with Gasteiger partial charge in [0, 0.05) is 0 Å². The molecule has 0 aromatic carbocycles. The molecule has 0 aliphatic heterocycles. The quantitative estimate of drug-likeness (QED) is 0.340. The second-order valence-electron chi connectivity index (χ2n) is 3.77. The molecule has 0 aromatic rings.